The highest BCUT2D eigenvalue weighted by Gasteiger charge is 2.30. The van der Waals surface area contributed by atoms with Crippen molar-refractivity contribution in [3.05, 3.63) is 116 Å². The summed E-state index contributed by atoms with van der Waals surface area (Å²) in [5.41, 5.74) is 2.13. The third-order valence-corrected chi connectivity index (χ3v) is 10.2. The van der Waals surface area contributed by atoms with E-state index < -0.39 is 17.8 Å². The molecule has 4 amide bonds. The minimum Gasteiger partial charge on any atom is -0.465 e. The van der Waals surface area contributed by atoms with Gasteiger partial charge in [-0.05, 0) is 60.5 Å². The smallest absolute Gasteiger partial charge is 0.341 e. The zero-order chi connectivity index (χ0) is 35.1. The molecule has 0 radical (unpaired) electrons. The van der Waals surface area contributed by atoms with Gasteiger partial charge in [0.15, 0.2) is 0 Å². The van der Waals surface area contributed by atoms with E-state index in [0.29, 0.717) is 61.8 Å². The SMILES string of the molecule is COC(=O)c1c(NC(=O)CSc2cccc(NC(=O)/C(=C\c3c(Cl)cccc3Cl)NC(=O)c3ccccc3)c2)sc2c1CCN(C(C)=O)C2. The molecule has 14 heteroatoms. The molecule has 0 atom stereocenters. The second-order valence-corrected chi connectivity index (χ2v) is 13.7. The minimum atomic E-state index is -0.625. The number of hydrogen-bond acceptors (Lipinski definition) is 8. The van der Waals surface area contributed by atoms with Gasteiger partial charge in [0, 0.05) is 50.1 Å². The first-order chi connectivity index (χ1) is 23.5. The molecule has 3 N–H and O–H groups in total. The molecular weight excluding hydrogens is 707 g/mol. The van der Waals surface area contributed by atoms with Crippen molar-refractivity contribution in [1.29, 1.82) is 0 Å². The van der Waals surface area contributed by atoms with Gasteiger partial charge in [-0.1, -0.05) is 53.5 Å². The number of methoxy groups -OCH3 is 1. The molecule has 252 valence electrons. The number of thioether (sulfide) groups is 1. The molecule has 0 fully saturated rings. The largest absolute Gasteiger partial charge is 0.465 e. The summed E-state index contributed by atoms with van der Waals surface area (Å²) in [7, 11) is 1.28. The maximum absolute atomic E-state index is 13.5. The third-order valence-electron chi connectivity index (χ3n) is 7.42. The van der Waals surface area contributed by atoms with Gasteiger partial charge in [0.2, 0.25) is 11.8 Å². The Bertz CT molecular complexity index is 1940. The Kier molecular flexibility index (Phi) is 11.8. The van der Waals surface area contributed by atoms with Crippen LogP contribution in [-0.4, -0.2) is 53.9 Å². The van der Waals surface area contributed by atoms with Gasteiger partial charge in [-0.3, -0.25) is 19.2 Å². The van der Waals surface area contributed by atoms with Crippen molar-refractivity contribution in [2.75, 3.05) is 30.0 Å². The third kappa shape index (κ3) is 8.90. The van der Waals surface area contributed by atoms with Gasteiger partial charge in [0.1, 0.15) is 10.7 Å². The second-order valence-electron chi connectivity index (χ2n) is 10.7. The Hall–Kier alpha value is -4.62. The predicted molar refractivity (Wildman–Crippen MR) is 193 cm³/mol. The van der Waals surface area contributed by atoms with E-state index in [0.717, 1.165) is 10.4 Å². The summed E-state index contributed by atoms with van der Waals surface area (Å²) in [5, 5.41) is 9.26. The highest BCUT2D eigenvalue weighted by molar-refractivity contribution is 8.00. The van der Waals surface area contributed by atoms with Crippen molar-refractivity contribution in [2.24, 2.45) is 0 Å². The average Bonchev–Trinajstić information content (AvgIpc) is 3.45. The zero-order valence-corrected chi connectivity index (χ0v) is 29.4. The number of nitrogens with one attached hydrogen (secondary N) is 3. The Morgan fingerprint density at radius 2 is 1.67 bits per heavy atom. The number of rotatable bonds is 10. The summed E-state index contributed by atoms with van der Waals surface area (Å²) < 4.78 is 4.99. The number of thiophene rings is 1. The second kappa shape index (κ2) is 16.2. The monoisotopic (exact) mass is 736 g/mol. The fraction of sp³-hybridized carbons (Fsp3) is 0.171. The number of hydrogen-bond donors (Lipinski definition) is 3. The van der Waals surface area contributed by atoms with E-state index in [4.69, 9.17) is 27.9 Å². The van der Waals surface area contributed by atoms with E-state index in [1.165, 1.54) is 43.2 Å². The van der Waals surface area contributed by atoms with Crippen LogP contribution in [0.4, 0.5) is 10.7 Å². The van der Waals surface area contributed by atoms with Crippen LogP contribution in [0.5, 0.6) is 0 Å². The van der Waals surface area contributed by atoms with E-state index in [1.54, 1.807) is 77.7 Å². The van der Waals surface area contributed by atoms with E-state index in [2.05, 4.69) is 16.0 Å². The number of carbonyl (C=O) groups excluding carboxylic acids is 5. The molecule has 0 unspecified atom stereocenters. The molecule has 49 heavy (non-hydrogen) atoms. The first-order valence-corrected chi connectivity index (χ1v) is 17.4. The number of esters is 1. The van der Waals surface area contributed by atoms with Crippen LogP contribution in [0.25, 0.3) is 6.08 Å². The maximum Gasteiger partial charge on any atom is 0.341 e. The van der Waals surface area contributed by atoms with Crippen LogP contribution >= 0.6 is 46.3 Å². The lowest BCUT2D eigenvalue weighted by Crippen LogP contribution is -2.33. The summed E-state index contributed by atoms with van der Waals surface area (Å²) in [6.07, 6.45) is 1.89. The first-order valence-electron chi connectivity index (χ1n) is 14.9. The van der Waals surface area contributed by atoms with Crippen molar-refractivity contribution in [3.8, 4) is 0 Å². The quantitative estimate of drug-likeness (QED) is 0.0918. The zero-order valence-electron chi connectivity index (χ0n) is 26.3. The Labute approximate surface area is 300 Å². The van der Waals surface area contributed by atoms with Gasteiger partial charge < -0.3 is 25.6 Å². The van der Waals surface area contributed by atoms with Gasteiger partial charge in [-0.15, -0.1) is 23.1 Å². The number of halogens is 2. The highest BCUT2D eigenvalue weighted by Crippen LogP contribution is 2.38. The average molecular weight is 738 g/mol. The van der Waals surface area contributed by atoms with Gasteiger partial charge in [-0.2, -0.15) is 0 Å². The molecule has 5 rings (SSSR count). The number of fused-ring (bicyclic) bond motifs is 1. The van der Waals surface area contributed by atoms with Crippen molar-refractivity contribution in [1.82, 2.24) is 10.2 Å². The van der Waals surface area contributed by atoms with Crippen LogP contribution in [-0.2, 0) is 32.1 Å². The first kappa shape index (κ1) is 35.7. The molecule has 0 bridgehead atoms. The van der Waals surface area contributed by atoms with Gasteiger partial charge in [0.05, 0.1) is 25.0 Å². The summed E-state index contributed by atoms with van der Waals surface area (Å²) in [6, 6.07) is 20.2. The number of amides is 4. The van der Waals surface area contributed by atoms with E-state index in [1.807, 2.05) is 0 Å². The molecule has 2 heterocycles. The van der Waals surface area contributed by atoms with Crippen LogP contribution in [0.3, 0.4) is 0 Å². The van der Waals surface area contributed by atoms with Crippen molar-refractivity contribution >= 4 is 92.7 Å². The number of benzene rings is 3. The van der Waals surface area contributed by atoms with Crippen molar-refractivity contribution < 1.29 is 28.7 Å². The van der Waals surface area contributed by atoms with Crippen LogP contribution in [0.2, 0.25) is 10.0 Å². The van der Waals surface area contributed by atoms with E-state index in [-0.39, 0.29) is 23.3 Å². The van der Waals surface area contributed by atoms with Gasteiger partial charge in [-0.25, -0.2) is 4.79 Å². The van der Waals surface area contributed by atoms with E-state index in [9.17, 15) is 24.0 Å². The summed E-state index contributed by atoms with van der Waals surface area (Å²) >= 11 is 15.2. The molecule has 0 spiro atoms. The van der Waals surface area contributed by atoms with Crippen LogP contribution in [0.15, 0.2) is 83.4 Å². The fourth-order valence-corrected chi connectivity index (χ4v) is 7.52. The number of anilines is 2. The fourth-order valence-electron chi connectivity index (χ4n) is 4.99. The molecule has 1 aliphatic rings. The number of ether oxygens (including phenoxy) is 1. The molecule has 0 saturated heterocycles. The van der Waals surface area contributed by atoms with Crippen molar-refractivity contribution in [3.63, 3.8) is 0 Å². The molecule has 1 aromatic heterocycles. The molecule has 0 saturated carbocycles. The topological polar surface area (TPSA) is 134 Å². The molecule has 4 aromatic rings. The maximum atomic E-state index is 13.5. The van der Waals surface area contributed by atoms with Gasteiger partial charge >= 0.3 is 5.97 Å². The predicted octanol–water partition coefficient (Wildman–Crippen LogP) is 6.89. The lowest BCUT2D eigenvalue weighted by atomic mass is 10.0. The van der Waals surface area contributed by atoms with Crippen molar-refractivity contribution in [2.45, 2.75) is 24.8 Å². The highest BCUT2D eigenvalue weighted by atomic mass is 35.5. The Morgan fingerprint density at radius 1 is 0.959 bits per heavy atom. The summed E-state index contributed by atoms with van der Waals surface area (Å²) in [6.45, 7) is 2.33. The molecule has 3 aromatic carbocycles. The summed E-state index contributed by atoms with van der Waals surface area (Å²) in [5.74, 6) is -2.08. The van der Waals surface area contributed by atoms with Crippen LogP contribution < -0.4 is 16.0 Å². The lowest BCUT2D eigenvalue weighted by molar-refractivity contribution is -0.129. The summed E-state index contributed by atoms with van der Waals surface area (Å²) in [4.78, 5) is 67.4. The Balaban J connectivity index is 1.28. The van der Waals surface area contributed by atoms with Gasteiger partial charge in [0.25, 0.3) is 11.8 Å². The van der Waals surface area contributed by atoms with Crippen LogP contribution in [0.1, 0.15) is 43.6 Å². The van der Waals surface area contributed by atoms with Crippen LogP contribution in [0, 0.1) is 0 Å². The number of carbonyl (C=O) groups is 5. The van der Waals surface area contributed by atoms with E-state index >= 15 is 0 Å². The molecule has 0 aliphatic carbocycles. The Morgan fingerprint density at radius 3 is 2.37 bits per heavy atom. The normalized spacial score (nSPS) is 12.5. The molecular formula is C35H30Cl2N4O6S2. The standard InChI is InChI=1S/C35H30Cl2N4O6S2/c1-20(42)41-15-14-24-29(18-41)49-34(31(24)35(46)47-2)40-30(43)19-48-23-11-6-10-22(16-23)38-33(45)28(17-25-26(36)12-7-13-27(25)37)39-32(44)21-8-4-3-5-9-21/h3-13,16-17H,14-15,18-19H2,1-2H3,(H,38,45)(H,39,44)(H,40,43)/b28-17+. The number of nitrogens with zero attached hydrogens (tertiary/aromatic N) is 1. The minimum absolute atomic E-state index is 0.00341. The lowest BCUT2D eigenvalue weighted by Gasteiger charge is -2.25. The molecule has 10 nitrogen and oxygen atoms in total. The molecule has 1 aliphatic heterocycles.